The maximum absolute atomic E-state index is 11.6. The van der Waals surface area contributed by atoms with Crippen molar-refractivity contribution in [2.75, 3.05) is 6.54 Å². The van der Waals surface area contributed by atoms with Crippen LogP contribution in [0.1, 0.15) is 48.5 Å². The van der Waals surface area contributed by atoms with E-state index in [4.69, 9.17) is 0 Å². The lowest BCUT2D eigenvalue weighted by Gasteiger charge is -1.98. The van der Waals surface area contributed by atoms with Crippen LogP contribution < -0.4 is 5.32 Å². The largest absolute Gasteiger partial charge is 0.349 e. The Morgan fingerprint density at radius 3 is 3.12 bits per heavy atom. The molecule has 0 saturated heterocycles. The van der Waals surface area contributed by atoms with E-state index in [0.29, 0.717) is 12.5 Å². The molecule has 1 aromatic rings. The first-order valence-corrected chi connectivity index (χ1v) is 5.63. The number of aromatic nitrogens is 3. The van der Waals surface area contributed by atoms with Crippen LogP contribution in [0, 0.1) is 0 Å². The average molecular weight is 220 g/mol. The van der Waals surface area contributed by atoms with Crippen molar-refractivity contribution >= 4 is 5.91 Å². The van der Waals surface area contributed by atoms with Gasteiger partial charge in [0.2, 0.25) is 5.82 Å². The van der Waals surface area contributed by atoms with E-state index in [1.807, 2.05) is 19.1 Å². The smallest absolute Gasteiger partial charge is 0.290 e. The minimum atomic E-state index is -0.201. The number of carbonyl (C=O) groups is 1. The Morgan fingerprint density at radius 2 is 2.44 bits per heavy atom. The third kappa shape index (κ3) is 2.68. The number of H-pyrrole nitrogens is 1. The molecule has 86 valence electrons. The lowest BCUT2D eigenvalue weighted by molar-refractivity contribution is 0.0944. The van der Waals surface area contributed by atoms with Crippen molar-refractivity contribution in [1.82, 2.24) is 20.5 Å². The first-order chi connectivity index (χ1) is 7.81. The van der Waals surface area contributed by atoms with Crippen molar-refractivity contribution in [2.45, 2.75) is 32.1 Å². The Bertz CT molecular complexity index is 392. The standard InChI is InChI=1S/C11H16N4O/c1-2-3-4-7-12-11(16)10-13-9(14-15-10)8-5-6-8/h2-3,8H,4-7H2,1H3,(H,12,16)(H,13,14,15)/b3-2+. The molecule has 2 rings (SSSR count). The van der Waals surface area contributed by atoms with Gasteiger partial charge in [-0.2, -0.15) is 0 Å². The second-order valence-corrected chi connectivity index (χ2v) is 3.93. The zero-order chi connectivity index (χ0) is 11.4. The summed E-state index contributed by atoms with van der Waals surface area (Å²) in [7, 11) is 0. The van der Waals surface area contributed by atoms with Crippen LogP contribution in [0.3, 0.4) is 0 Å². The first kappa shape index (κ1) is 10.9. The third-order valence-corrected chi connectivity index (χ3v) is 2.50. The average Bonchev–Trinajstić information content (AvgIpc) is 3.02. The molecule has 0 atom stereocenters. The van der Waals surface area contributed by atoms with Crippen molar-refractivity contribution in [1.29, 1.82) is 0 Å². The van der Waals surface area contributed by atoms with Crippen LogP contribution in [0.2, 0.25) is 0 Å². The van der Waals surface area contributed by atoms with Gasteiger partial charge in [-0.05, 0) is 26.2 Å². The van der Waals surface area contributed by atoms with E-state index in [2.05, 4.69) is 20.5 Å². The summed E-state index contributed by atoms with van der Waals surface area (Å²) in [4.78, 5) is 15.8. The minimum Gasteiger partial charge on any atom is -0.349 e. The molecule has 2 N–H and O–H groups in total. The van der Waals surface area contributed by atoms with Gasteiger partial charge in [-0.15, -0.1) is 5.10 Å². The van der Waals surface area contributed by atoms with Crippen molar-refractivity contribution in [3.63, 3.8) is 0 Å². The highest BCUT2D eigenvalue weighted by Gasteiger charge is 2.27. The second-order valence-electron chi connectivity index (χ2n) is 3.93. The lowest BCUT2D eigenvalue weighted by atomic mass is 10.4. The molecule has 1 amide bonds. The molecule has 0 aromatic carbocycles. The van der Waals surface area contributed by atoms with Crippen molar-refractivity contribution in [3.05, 3.63) is 23.8 Å². The molecule has 1 fully saturated rings. The van der Waals surface area contributed by atoms with Crippen molar-refractivity contribution < 1.29 is 4.79 Å². The van der Waals surface area contributed by atoms with Gasteiger partial charge in [-0.3, -0.25) is 9.89 Å². The lowest BCUT2D eigenvalue weighted by Crippen LogP contribution is -2.25. The number of carbonyl (C=O) groups excluding carboxylic acids is 1. The molecule has 1 aliphatic carbocycles. The normalized spacial score (nSPS) is 15.6. The Labute approximate surface area is 94.3 Å². The van der Waals surface area contributed by atoms with E-state index in [0.717, 1.165) is 25.1 Å². The molecule has 1 aromatic heterocycles. The molecule has 0 aliphatic heterocycles. The summed E-state index contributed by atoms with van der Waals surface area (Å²) in [5.41, 5.74) is 0. The molecule has 1 saturated carbocycles. The van der Waals surface area contributed by atoms with Gasteiger partial charge >= 0.3 is 0 Å². The Balaban J connectivity index is 1.82. The summed E-state index contributed by atoms with van der Waals surface area (Å²) >= 11 is 0. The highest BCUT2D eigenvalue weighted by Crippen LogP contribution is 2.37. The second kappa shape index (κ2) is 4.92. The van der Waals surface area contributed by atoms with Gasteiger partial charge < -0.3 is 5.32 Å². The van der Waals surface area contributed by atoms with Crippen LogP contribution in [-0.4, -0.2) is 27.6 Å². The summed E-state index contributed by atoms with van der Waals surface area (Å²) < 4.78 is 0. The Hall–Kier alpha value is -1.65. The molecule has 16 heavy (non-hydrogen) atoms. The Kier molecular flexibility index (Phi) is 3.34. The summed E-state index contributed by atoms with van der Waals surface area (Å²) in [6.07, 6.45) is 7.11. The van der Waals surface area contributed by atoms with Gasteiger partial charge in [-0.1, -0.05) is 12.2 Å². The topological polar surface area (TPSA) is 70.7 Å². The molecule has 0 bridgehead atoms. The van der Waals surface area contributed by atoms with Crippen LogP contribution >= 0.6 is 0 Å². The number of nitrogens with one attached hydrogen (secondary N) is 2. The molecular formula is C11H16N4O. The number of aromatic amines is 1. The van der Waals surface area contributed by atoms with E-state index in [9.17, 15) is 4.79 Å². The van der Waals surface area contributed by atoms with Gasteiger partial charge in [0.05, 0.1) is 0 Å². The van der Waals surface area contributed by atoms with Crippen molar-refractivity contribution in [2.24, 2.45) is 0 Å². The number of rotatable bonds is 5. The van der Waals surface area contributed by atoms with E-state index in [1.54, 1.807) is 0 Å². The summed E-state index contributed by atoms with van der Waals surface area (Å²) in [5, 5.41) is 9.50. The van der Waals surface area contributed by atoms with Gasteiger partial charge in [-0.25, -0.2) is 4.98 Å². The predicted molar refractivity (Wildman–Crippen MR) is 60.1 cm³/mol. The maximum Gasteiger partial charge on any atom is 0.290 e. The summed E-state index contributed by atoms with van der Waals surface area (Å²) in [6.45, 7) is 2.58. The molecule has 0 unspecified atom stereocenters. The predicted octanol–water partition coefficient (Wildman–Crippen LogP) is 1.38. The van der Waals surface area contributed by atoms with E-state index in [-0.39, 0.29) is 11.7 Å². The molecular weight excluding hydrogens is 204 g/mol. The maximum atomic E-state index is 11.6. The van der Waals surface area contributed by atoms with E-state index < -0.39 is 0 Å². The van der Waals surface area contributed by atoms with E-state index in [1.165, 1.54) is 0 Å². The molecule has 5 heteroatoms. The number of allylic oxidation sites excluding steroid dienone is 1. The fourth-order valence-corrected chi connectivity index (χ4v) is 1.43. The van der Waals surface area contributed by atoms with Crippen LogP contribution in [-0.2, 0) is 0 Å². The zero-order valence-corrected chi connectivity index (χ0v) is 9.36. The SMILES string of the molecule is C/C=C/CCNC(=O)c1n[nH]c(C2CC2)n1. The first-order valence-electron chi connectivity index (χ1n) is 5.63. The minimum absolute atomic E-state index is 0.201. The number of hydrogen-bond donors (Lipinski definition) is 2. The van der Waals surface area contributed by atoms with Gasteiger partial charge in [0.1, 0.15) is 5.82 Å². The molecule has 0 spiro atoms. The quantitative estimate of drug-likeness (QED) is 0.581. The molecule has 5 nitrogen and oxygen atoms in total. The number of nitrogens with zero attached hydrogens (tertiary/aromatic N) is 2. The monoisotopic (exact) mass is 220 g/mol. The van der Waals surface area contributed by atoms with Crippen LogP contribution in [0.25, 0.3) is 0 Å². The molecule has 1 aliphatic rings. The number of hydrogen-bond acceptors (Lipinski definition) is 3. The highest BCUT2D eigenvalue weighted by atomic mass is 16.2. The fourth-order valence-electron chi connectivity index (χ4n) is 1.43. The van der Waals surface area contributed by atoms with Crippen LogP contribution in [0.4, 0.5) is 0 Å². The van der Waals surface area contributed by atoms with Crippen molar-refractivity contribution in [3.8, 4) is 0 Å². The van der Waals surface area contributed by atoms with E-state index >= 15 is 0 Å². The fraction of sp³-hybridized carbons (Fsp3) is 0.545. The molecule has 0 radical (unpaired) electrons. The Morgan fingerprint density at radius 1 is 1.62 bits per heavy atom. The van der Waals surface area contributed by atoms with Gasteiger partial charge in [0.15, 0.2) is 0 Å². The van der Waals surface area contributed by atoms with Gasteiger partial charge in [0.25, 0.3) is 5.91 Å². The number of amides is 1. The van der Waals surface area contributed by atoms with Gasteiger partial charge in [0, 0.05) is 12.5 Å². The highest BCUT2D eigenvalue weighted by molar-refractivity contribution is 5.90. The summed E-state index contributed by atoms with van der Waals surface area (Å²) in [5.74, 6) is 1.39. The third-order valence-electron chi connectivity index (χ3n) is 2.50. The zero-order valence-electron chi connectivity index (χ0n) is 9.36. The van der Waals surface area contributed by atoms with Crippen LogP contribution in [0.5, 0.6) is 0 Å². The molecule has 1 heterocycles. The van der Waals surface area contributed by atoms with Crippen LogP contribution in [0.15, 0.2) is 12.2 Å². The summed E-state index contributed by atoms with van der Waals surface area (Å²) in [6, 6.07) is 0.